The number of halogens is 2. The summed E-state index contributed by atoms with van der Waals surface area (Å²) in [5.74, 6) is 1.24. The largest absolute Gasteiger partial charge is 0.492 e. The van der Waals surface area contributed by atoms with Crippen LogP contribution in [-0.2, 0) is 16.0 Å². The molecular formula is C21H20F2O5. The van der Waals surface area contributed by atoms with Crippen LogP contribution >= 0.6 is 0 Å². The van der Waals surface area contributed by atoms with Gasteiger partial charge >= 0.3 is 12.6 Å². The molecule has 0 saturated carbocycles. The maximum Gasteiger partial charge on any atom is 0.387 e. The molecule has 1 aliphatic carbocycles. The zero-order valence-corrected chi connectivity index (χ0v) is 15.3. The molecule has 5 nitrogen and oxygen atoms in total. The zero-order chi connectivity index (χ0) is 19.7. The molecule has 0 N–H and O–H groups in total. The van der Waals surface area contributed by atoms with Crippen LogP contribution < -0.4 is 14.2 Å². The molecule has 1 aliphatic heterocycles. The molecule has 7 heteroatoms. The molecule has 0 saturated heterocycles. The van der Waals surface area contributed by atoms with E-state index in [1.807, 2.05) is 24.3 Å². The van der Waals surface area contributed by atoms with Crippen LogP contribution in [0.1, 0.15) is 41.6 Å². The van der Waals surface area contributed by atoms with Crippen LogP contribution in [0.3, 0.4) is 0 Å². The zero-order valence-electron chi connectivity index (χ0n) is 15.3. The number of ether oxygens (including phenoxy) is 4. The van der Waals surface area contributed by atoms with Crippen molar-refractivity contribution < 1.29 is 32.5 Å². The Labute approximate surface area is 161 Å². The average molecular weight is 390 g/mol. The van der Waals surface area contributed by atoms with E-state index in [4.69, 9.17) is 14.2 Å². The smallest absolute Gasteiger partial charge is 0.387 e. The van der Waals surface area contributed by atoms with Gasteiger partial charge in [0.15, 0.2) is 0 Å². The third-order valence-electron chi connectivity index (χ3n) is 5.17. The van der Waals surface area contributed by atoms with Gasteiger partial charge < -0.3 is 18.9 Å². The fourth-order valence-electron chi connectivity index (χ4n) is 3.86. The number of benzene rings is 2. The van der Waals surface area contributed by atoms with E-state index in [1.165, 1.54) is 7.11 Å². The highest BCUT2D eigenvalue weighted by Crippen LogP contribution is 2.42. The predicted molar refractivity (Wildman–Crippen MR) is 96.1 cm³/mol. The highest BCUT2D eigenvalue weighted by atomic mass is 19.3. The van der Waals surface area contributed by atoms with Crippen LogP contribution in [0, 0.1) is 0 Å². The number of fused-ring (bicyclic) bond motifs is 2. The molecule has 4 rings (SSSR count). The second-order valence-electron chi connectivity index (χ2n) is 6.84. The van der Waals surface area contributed by atoms with E-state index in [2.05, 4.69) is 4.74 Å². The summed E-state index contributed by atoms with van der Waals surface area (Å²) in [6, 6.07) is 10.7. The second kappa shape index (κ2) is 7.66. The van der Waals surface area contributed by atoms with Crippen molar-refractivity contribution in [3.63, 3.8) is 0 Å². The Morgan fingerprint density at radius 3 is 2.89 bits per heavy atom. The Hall–Kier alpha value is -2.83. The molecule has 0 bridgehead atoms. The number of hydrogen-bond donors (Lipinski definition) is 0. The molecule has 0 amide bonds. The summed E-state index contributed by atoms with van der Waals surface area (Å²) >= 11 is 0. The summed E-state index contributed by atoms with van der Waals surface area (Å²) in [4.78, 5) is 11.5. The minimum atomic E-state index is -2.85. The van der Waals surface area contributed by atoms with Gasteiger partial charge in [-0.25, -0.2) is 0 Å². The van der Waals surface area contributed by atoms with E-state index in [0.717, 1.165) is 16.7 Å². The molecular weight excluding hydrogens is 370 g/mol. The van der Waals surface area contributed by atoms with E-state index in [9.17, 15) is 13.6 Å². The summed E-state index contributed by atoms with van der Waals surface area (Å²) in [6.07, 6.45) is 1.33. The predicted octanol–water partition coefficient (Wildman–Crippen LogP) is 4.39. The molecule has 2 aliphatic rings. The lowest BCUT2D eigenvalue weighted by molar-refractivity contribution is -0.141. The number of alkyl halides is 2. The quantitative estimate of drug-likeness (QED) is 0.685. The van der Waals surface area contributed by atoms with E-state index in [0.29, 0.717) is 30.9 Å². The molecule has 28 heavy (non-hydrogen) atoms. The van der Waals surface area contributed by atoms with Gasteiger partial charge in [0.2, 0.25) is 0 Å². The van der Waals surface area contributed by atoms with Crippen molar-refractivity contribution in [2.75, 3.05) is 13.7 Å². The molecule has 2 unspecified atom stereocenters. The Morgan fingerprint density at radius 1 is 1.25 bits per heavy atom. The molecule has 2 aromatic carbocycles. The maximum atomic E-state index is 12.6. The Morgan fingerprint density at radius 2 is 2.11 bits per heavy atom. The van der Waals surface area contributed by atoms with Crippen LogP contribution in [0.15, 0.2) is 36.4 Å². The maximum absolute atomic E-state index is 12.6. The third kappa shape index (κ3) is 3.61. The first kappa shape index (κ1) is 18.5. The first-order valence-corrected chi connectivity index (χ1v) is 9.12. The van der Waals surface area contributed by atoms with Gasteiger partial charge in [0.25, 0.3) is 0 Å². The van der Waals surface area contributed by atoms with Gasteiger partial charge in [-0.1, -0.05) is 18.2 Å². The molecule has 0 aromatic heterocycles. The highest BCUT2D eigenvalue weighted by molar-refractivity contribution is 5.71. The van der Waals surface area contributed by atoms with Gasteiger partial charge in [-0.2, -0.15) is 8.78 Å². The van der Waals surface area contributed by atoms with Crippen molar-refractivity contribution >= 4 is 5.97 Å². The molecule has 2 aromatic rings. The molecule has 2 atom stereocenters. The van der Waals surface area contributed by atoms with Crippen LogP contribution in [0.25, 0.3) is 0 Å². The fraction of sp³-hybridized carbons (Fsp3) is 0.381. The lowest BCUT2D eigenvalue weighted by Gasteiger charge is -2.16. The molecule has 148 valence electrons. The fourth-order valence-corrected chi connectivity index (χ4v) is 3.86. The van der Waals surface area contributed by atoms with Crippen molar-refractivity contribution in [3.05, 3.63) is 53.1 Å². The number of carbonyl (C=O) groups excluding carboxylic acids is 1. The number of methoxy groups -OCH3 is 1. The third-order valence-corrected chi connectivity index (χ3v) is 5.17. The van der Waals surface area contributed by atoms with Gasteiger partial charge in [-0.05, 0) is 30.5 Å². The Bertz CT molecular complexity index is 883. The lowest BCUT2D eigenvalue weighted by atomic mass is 9.98. The van der Waals surface area contributed by atoms with E-state index >= 15 is 0 Å². The van der Waals surface area contributed by atoms with Crippen LogP contribution in [0.5, 0.6) is 17.2 Å². The summed E-state index contributed by atoms with van der Waals surface area (Å²) in [7, 11) is 1.37. The summed E-state index contributed by atoms with van der Waals surface area (Å²) in [6.45, 7) is -2.42. The van der Waals surface area contributed by atoms with Crippen molar-refractivity contribution in [3.8, 4) is 17.2 Å². The van der Waals surface area contributed by atoms with Gasteiger partial charge in [0.05, 0.1) is 20.1 Å². The van der Waals surface area contributed by atoms with Crippen LogP contribution in [0.4, 0.5) is 8.78 Å². The normalized spacial score (nSPS) is 19.7. The van der Waals surface area contributed by atoms with Crippen molar-refractivity contribution in [1.82, 2.24) is 0 Å². The Balaban J connectivity index is 1.50. The SMILES string of the molecule is COC(=O)CC1COc2cc(OC3CCc4c(OC(F)F)cccc43)ccc21. The number of hydrogen-bond acceptors (Lipinski definition) is 5. The minimum absolute atomic E-state index is 0.0299. The van der Waals surface area contributed by atoms with Gasteiger partial charge in [0.1, 0.15) is 23.4 Å². The first-order chi connectivity index (χ1) is 13.5. The van der Waals surface area contributed by atoms with Crippen molar-refractivity contribution in [2.45, 2.75) is 37.9 Å². The molecule has 0 fully saturated rings. The van der Waals surface area contributed by atoms with Crippen LogP contribution in [-0.4, -0.2) is 26.3 Å². The van der Waals surface area contributed by atoms with Crippen molar-refractivity contribution in [2.24, 2.45) is 0 Å². The van der Waals surface area contributed by atoms with E-state index in [-0.39, 0.29) is 30.2 Å². The van der Waals surface area contributed by atoms with Crippen LogP contribution in [0.2, 0.25) is 0 Å². The van der Waals surface area contributed by atoms with E-state index < -0.39 is 6.61 Å². The molecule has 0 spiro atoms. The monoisotopic (exact) mass is 390 g/mol. The van der Waals surface area contributed by atoms with E-state index in [1.54, 1.807) is 12.1 Å². The van der Waals surface area contributed by atoms with Gasteiger partial charge in [-0.15, -0.1) is 0 Å². The average Bonchev–Trinajstić information content (AvgIpc) is 3.26. The Kier molecular flexibility index (Phi) is 5.07. The lowest BCUT2D eigenvalue weighted by Crippen LogP contribution is -2.09. The summed E-state index contributed by atoms with van der Waals surface area (Å²) < 4.78 is 46.4. The van der Waals surface area contributed by atoms with Crippen molar-refractivity contribution in [1.29, 1.82) is 0 Å². The number of rotatable bonds is 6. The standard InChI is InChI=1S/C21H20F2O5/c1-25-20(24)9-12-11-26-19-10-13(5-6-14(12)19)27-18-8-7-16-15(18)3-2-4-17(16)28-21(22)23/h2-6,10,12,18,21H,7-9,11H2,1H3. The first-order valence-electron chi connectivity index (χ1n) is 9.12. The molecule has 0 radical (unpaired) electrons. The second-order valence-corrected chi connectivity index (χ2v) is 6.84. The van der Waals surface area contributed by atoms with Gasteiger partial charge in [0, 0.05) is 23.1 Å². The minimum Gasteiger partial charge on any atom is -0.492 e. The highest BCUT2D eigenvalue weighted by Gasteiger charge is 2.30. The number of esters is 1. The summed E-state index contributed by atoms with van der Waals surface area (Å²) in [5.41, 5.74) is 2.59. The van der Waals surface area contributed by atoms with Gasteiger partial charge in [-0.3, -0.25) is 4.79 Å². The topological polar surface area (TPSA) is 54.0 Å². The molecule has 1 heterocycles. The number of carbonyl (C=O) groups is 1. The summed E-state index contributed by atoms with van der Waals surface area (Å²) in [5, 5.41) is 0.